The van der Waals surface area contributed by atoms with Gasteiger partial charge in [-0.1, -0.05) is 6.07 Å². The molecule has 0 aliphatic carbocycles. The summed E-state index contributed by atoms with van der Waals surface area (Å²) < 4.78 is 0. The van der Waals surface area contributed by atoms with Crippen LogP contribution in [0.25, 0.3) is 5.70 Å². The summed E-state index contributed by atoms with van der Waals surface area (Å²) in [4.78, 5) is 23.1. The lowest BCUT2D eigenvalue weighted by Gasteiger charge is -2.10. The lowest BCUT2D eigenvalue weighted by atomic mass is 10.0. The summed E-state index contributed by atoms with van der Waals surface area (Å²) in [5.41, 5.74) is 5.96. The topological polar surface area (TPSA) is 139 Å². The highest BCUT2D eigenvalue weighted by Gasteiger charge is 2.19. The maximum absolute atomic E-state index is 12.2. The van der Waals surface area contributed by atoms with Crippen LogP contribution < -0.4 is 10.7 Å². The quantitative estimate of drug-likeness (QED) is 0.272. The fraction of sp³-hybridized carbons (Fsp3) is 0.182. The molecule has 0 aromatic heterocycles. The zero-order chi connectivity index (χ0) is 22.4. The van der Waals surface area contributed by atoms with E-state index in [1.807, 2.05) is 32.0 Å². The number of hydrogen-bond donors (Lipinski definition) is 5. The maximum atomic E-state index is 12.2. The van der Waals surface area contributed by atoms with Crippen LogP contribution >= 0.6 is 0 Å². The highest BCUT2D eigenvalue weighted by molar-refractivity contribution is 6.46. The highest BCUT2D eigenvalue weighted by atomic mass is 16.4. The average Bonchev–Trinajstić information content (AvgIpc) is 2.74. The van der Waals surface area contributed by atoms with Gasteiger partial charge in [-0.05, 0) is 68.3 Å². The molecule has 0 fully saturated rings. The van der Waals surface area contributed by atoms with Crippen molar-refractivity contribution in [3.05, 3.63) is 76.0 Å². The van der Waals surface area contributed by atoms with Crippen molar-refractivity contribution in [2.45, 2.75) is 20.8 Å². The van der Waals surface area contributed by atoms with Crippen LogP contribution in [0.2, 0.25) is 0 Å². The highest BCUT2D eigenvalue weighted by Crippen LogP contribution is 2.16. The monoisotopic (exact) mass is 409 g/mol. The van der Waals surface area contributed by atoms with E-state index in [0.29, 0.717) is 5.70 Å². The lowest BCUT2D eigenvalue weighted by Crippen LogP contribution is -2.76. The van der Waals surface area contributed by atoms with Crippen LogP contribution in [0.1, 0.15) is 44.3 Å². The number of carbonyl (C=O) groups is 2. The van der Waals surface area contributed by atoms with E-state index in [9.17, 15) is 14.7 Å². The Morgan fingerprint density at radius 3 is 2.07 bits per heavy atom. The van der Waals surface area contributed by atoms with Crippen LogP contribution in [0.5, 0.6) is 0 Å². The molecule has 0 bridgehead atoms. The van der Waals surface area contributed by atoms with Gasteiger partial charge in [0.2, 0.25) is 5.76 Å². The number of carbonyl (C=O) groups excluding carboxylic acids is 1. The summed E-state index contributed by atoms with van der Waals surface area (Å²) in [6.07, 6.45) is 0. The van der Waals surface area contributed by atoms with E-state index in [-0.39, 0.29) is 28.3 Å². The summed E-state index contributed by atoms with van der Waals surface area (Å²) in [5.74, 6) is -1.89. The van der Waals surface area contributed by atoms with Crippen molar-refractivity contribution < 1.29 is 25.1 Å². The molecule has 0 atom stereocenters. The number of amides is 1. The van der Waals surface area contributed by atoms with Gasteiger partial charge in [0.15, 0.2) is 5.70 Å². The number of nitrogens with one attached hydrogen (secondary N) is 2. The third-order valence-corrected chi connectivity index (χ3v) is 4.68. The molecule has 0 unspecified atom stereocenters. The third-order valence-electron chi connectivity index (χ3n) is 4.68. The standard InChI is InChI=1S/C22H24N4O4/c1-12-5-6-17(11-13(12)2)19(24-4)20(27)18(23)14(3)25-26-21(28)15-7-9-16(10-8-15)22(29)30/h5-11,23-24,27H,1-4H3,(H,26,28)(H,29,30)/p+1. The smallest absolute Gasteiger partial charge is 0.335 e. The second kappa shape index (κ2) is 9.62. The Labute approximate surface area is 174 Å². The van der Waals surface area contributed by atoms with Gasteiger partial charge in [-0.25, -0.2) is 10.2 Å². The van der Waals surface area contributed by atoms with Gasteiger partial charge < -0.3 is 15.5 Å². The maximum Gasteiger partial charge on any atom is 0.335 e. The fourth-order valence-corrected chi connectivity index (χ4v) is 2.67. The minimum Gasteiger partial charge on any atom is -0.501 e. The molecule has 0 spiro atoms. The molecule has 6 N–H and O–H groups in total. The fourth-order valence-electron chi connectivity index (χ4n) is 2.67. The number of aromatic carboxylic acids is 1. The molecule has 156 valence electrons. The number of aliphatic hydroxyl groups excluding tert-OH is 1. The predicted octanol–water partition coefficient (Wildman–Crippen LogP) is 2.25. The van der Waals surface area contributed by atoms with Gasteiger partial charge in [-0.2, -0.15) is 5.10 Å². The van der Waals surface area contributed by atoms with Gasteiger partial charge in [0.25, 0.3) is 5.91 Å². The molecule has 2 aromatic carbocycles. The van der Waals surface area contributed by atoms with Gasteiger partial charge in [-0.3, -0.25) is 10.2 Å². The molecule has 1 amide bonds. The Bertz CT molecular complexity index is 1050. The number of rotatable bonds is 7. The van der Waals surface area contributed by atoms with E-state index < -0.39 is 11.9 Å². The minimum atomic E-state index is -1.08. The second-order valence-electron chi connectivity index (χ2n) is 6.75. The normalized spacial score (nSPS) is 12.2. The number of aryl methyl sites for hydroxylation is 2. The first kappa shape index (κ1) is 22.5. The number of aliphatic hydroxyl groups is 1. The van der Waals surface area contributed by atoms with Crippen molar-refractivity contribution in [2.75, 3.05) is 7.05 Å². The molecule has 0 aliphatic rings. The molecule has 0 radical (unpaired) electrons. The van der Waals surface area contributed by atoms with Gasteiger partial charge in [-0.15, -0.1) is 0 Å². The number of nitrogens with zero attached hydrogens (tertiary/aromatic N) is 1. The van der Waals surface area contributed by atoms with Gasteiger partial charge in [0.1, 0.15) is 5.71 Å². The number of nitrogens with two attached hydrogens (primary N) is 1. The van der Waals surface area contributed by atoms with Crippen molar-refractivity contribution in [1.82, 2.24) is 5.43 Å². The first-order valence-electron chi connectivity index (χ1n) is 9.23. The molecule has 2 aromatic rings. The molecule has 0 saturated carbocycles. The number of allylic oxidation sites excluding steroid dienone is 1. The van der Waals surface area contributed by atoms with Crippen molar-refractivity contribution in [1.29, 1.82) is 5.41 Å². The van der Waals surface area contributed by atoms with Crippen LogP contribution in [0, 0.1) is 19.3 Å². The predicted molar refractivity (Wildman–Crippen MR) is 115 cm³/mol. The largest absolute Gasteiger partial charge is 0.501 e. The van der Waals surface area contributed by atoms with Crippen LogP contribution in [-0.2, 0) is 0 Å². The number of carboxylic acids is 1. The zero-order valence-corrected chi connectivity index (χ0v) is 17.3. The van der Waals surface area contributed by atoms with Crippen LogP contribution in [-0.4, -0.2) is 40.6 Å². The van der Waals surface area contributed by atoms with Gasteiger partial charge >= 0.3 is 5.97 Å². The Kier molecular flexibility index (Phi) is 7.22. The Morgan fingerprint density at radius 2 is 1.53 bits per heavy atom. The molecule has 2 rings (SSSR count). The number of hydrogen-bond acceptors (Lipinski definition) is 5. The summed E-state index contributed by atoms with van der Waals surface area (Å²) in [7, 11) is 1.77. The molecule has 8 nitrogen and oxygen atoms in total. The van der Waals surface area contributed by atoms with E-state index in [2.05, 4.69) is 10.5 Å². The summed E-state index contributed by atoms with van der Waals surface area (Å²) in [6.45, 7) is 5.47. The van der Waals surface area contributed by atoms with Crippen molar-refractivity contribution >= 4 is 29.0 Å². The molecule has 0 saturated heterocycles. The lowest BCUT2D eigenvalue weighted by molar-refractivity contribution is -0.531. The summed E-state index contributed by atoms with van der Waals surface area (Å²) >= 11 is 0. The Morgan fingerprint density at radius 1 is 0.967 bits per heavy atom. The van der Waals surface area contributed by atoms with E-state index >= 15 is 0 Å². The van der Waals surface area contributed by atoms with Gasteiger partial charge in [0.05, 0.1) is 18.3 Å². The summed E-state index contributed by atoms with van der Waals surface area (Å²) in [5, 5.41) is 33.3. The molecule has 0 heterocycles. The molecule has 30 heavy (non-hydrogen) atoms. The zero-order valence-electron chi connectivity index (χ0n) is 17.3. The van der Waals surface area contributed by atoms with E-state index in [1.54, 1.807) is 12.4 Å². The Balaban J connectivity index is 2.20. The second-order valence-corrected chi connectivity index (χ2v) is 6.75. The van der Waals surface area contributed by atoms with Crippen molar-refractivity contribution in [3.63, 3.8) is 0 Å². The molecular formula is C22H25N4O4+. The first-order chi connectivity index (χ1) is 14.1. The minimum absolute atomic E-state index is 0.0674. The summed E-state index contributed by atoms with van der Waals surface area (Å²) in [6, 6.07) is 11.1. The molecule has 0 aliphatic heterocycles. The third kappa shape index (κ3) is 5.18. The van der Waals surface area contributed by atoms with Crippen LogP contribution in [0.3, 0.4) is 0 Å². The van der Waals surface area contributed by atoms with Crippen LogP contribution in [0.15, 0.2) is 53.3 Å². The Hall–Kier alpha value is -3.78. The van der Waals surface area contributed by atoms with Crippen molar-refractivity contribution in [3.8, 4) is 0 Å². The molecule has 8 heteroatoms. The number of hydrazone groups is 1. The van der Waals surface area contributed by atoms with E-state index in [0.717, 1.165) is 16.7 Å². The number of carboxylic acid groups (broad SMARTS) is 1. The first-order valence-corrected chi connectivity index (χ1v) is 9.23. The number of benzene rings is 2. The average molecular weight is 409 g/mol. The van der Waals surface area contributed by atoms with Gasteiger partial charge in [0, 0.05) is 11.1 Å². The molecular weight excluding hydrogens is 384 g/mol. The van der Waals surface area contributed by atoms with E-state index in [1.165, 1.54) is 31.2 Å². The van der Waals surface area contributed by atoms with E-state index in [4.69, 9.17) is 10.5 Å². The number of quaternary nitrogens is 1. The van der Waals surface area contributed by atoms with Crippen molar-refractivity contribution in [2.24, 2.45) is 5.10 Å². The van der Waals surface area contributed by atoms with Crippen LogP contribution in [0.4, 0.5) is 0 Å². The SMILES string of the molecule is C[NH2+]C(=C(O)C(=N)C(C)=NNC(=O)c1ccc(C(=O)O)cc1)c1ccc(C)c(C)c1.